The van der Waals surface area contributed by atoms with Crippen molar-refractivity contribution in [3.8, 4) is 11.5 Å². The van der Waals surface area contributed by atoms with E-state index in [4.69, 9.17) is 10.5 Å². The molecule has 1 amide bonds. The van der Waals surface area contributed by atoms with Crippen molar-refractivity contribution < 1.29 is 80.1 Å². The van der Waals surface area contributed by atoms with E-state index in [1.807, 2.05) is 0 Å². The summed E-state index contributed by atoms with van der Waals surface area (Å²) in [7, 11) is -10.2. The fraction of sp³-hybridized carbons (Fsp3) is 0.0400. The highest BCUT2D eigenvalue weighted by atomic mass is 32.2. The SMILES string of the molecule is CC(=O)Nc1ccc(/N=N/c2c(S(=O)(=O)O)cc3cc(SOOO)c(/N=N/c4cc(SOOO)ccc4S(=O)(=O)O)c(O)c3c2O)c(C(=O)O)c1. The minimum absolute atomic E-state index is 0.0425. The first-order chi connectivity index (χ1) is 24.0. The summed E-state index contributed by atoms with van der Waals surface area (Å²) in [5, 5.41) is 72.5. The van der Waals surface area contributed by atoms with Crippen LogP contribution in [0.25, 0.3) is 10.8 Å². The smallest absolute Gasteiger partial charge is 0.338 e. The number of benzene rings is 4. The molecule has 26 heteroatoms. The van der Waals surface area contributed by atoms with Gasteiger partial charge in [0.2, 0.25) is 5.91 Å². The summed E-state index contributed by atoms with van der Waals surface area (Å²) in [5.74, 6) is -4.27. The molecule has 0 unspecified atom stereocenters. The Morgan fingerprint density at radius 1 is 0.745 bits per heavy atom. The highest BCUT2D eigenvalue weighted by molar-refractivity contribution is 7.95. The van der Waals surface area contributed by atoms with Gasteiger partial charge in [0.25, 0.3) is 20.2 Å². The van der Waals surface area contributed by atoms with Gasteiger partial charge in [0, 0.05) is 17.5 Å². The molecule has 0 aromatic heterocycles. The van der Waals surface area contributed by atoms with Gasteiger partial charge in [-0.25, -0.2) is 15.3 Å². The van der Waals surface area contributed by atoms with Gasteiger partial charge in [-0.2, -0.15) is 16.8 Å². The normalized spacial score (nSPS) is 12.3. The molecule has 4 aromatic rings. The molecule has 0 radical (unpaired) electrons. The van der Waals surface area contributed by atoms with E-state index in [-0.39, 0.29) is 32.9 Å². The van der Waals surface area contributed by atoms with Crippen LogP contribution >= 0.6 is 24.1 Å². The highest BCUT2D eigenvalue weighted by Gasteiger charge is 2.27. The molecule has 51 heavy (non-hydrogen) atoms. The molecule has 4 rings (SSSR count). The summed E-state index contributed by atoms with van der Waals surface area (Å²) in [4.78, 5) is 21.1. The number of nitrogens with one attached hydrogen (secondary N) is 1. The number of nitrogens with zero attached hydrogens (tertiary/aromatic N) is 4. The van der Waals surface area contributed by atoms with Crippen LogP contribution in [0, 0.1) is 0 Å². The lowest BCUT2D eigenvalue weighted by Crippen LogP contribution is -2.07. The molecule has 0 heterocycles. The number of hydrogen-bond donors (Lipinski definition) is 8. The molecule has 8 N–H and O–H groups in total. The highest BCUT2D eigenvalue weighted by Crippen LogP contribution is 2.51. The molecule has 0 bridgehead atoms. The Bertz CT molecular complexity index is 2320. The van der Waals surface area contributed by atoms with Crippen LogP contribution < -0.4 is 5.32 Å². The van der Waals surface area contributed by atoms with Crippen molar-refractivity contribution in [3.05, 3.63) is 54.1 Å². The number of carbonyl (C=O) groups is 2. The third-order valence-electron chi connectivity index (χ3n) is 6.11. The maximum Gasteiger partial charge on any atom is 0.338 e. The maximum atomic E-state index is 12.4. The Hall–Kier alpha value is -4.84. The van der Waals surface area contributed by atoms with Gasteiger partial charge in [0.15, 0.2) is 11.5 Å². The van der Waals surface area contributed by atoms with Crippen LogP contribution in [-0.4, -0.2) is 63.7 Å². The molecule has 0 atom stereocenters. The zero-order valence-electron chi connectivity index (χ0n) is 24.8. The van der Waals surface area contributed by atoms with Crippen molar-refractivity contribution in [2.24, 2.45) is 20.5 Å². The summed E-state index contributed by atoms with van der Waals surface area (Å²) < 4.78 is 77.0. The predicted molar refractivity (Wildman–Crippen MR) is 171 cm³/mol. The number of aromatic hydroxyl groups is 2. The van der Waals surface area contributed by atoms with Crippen molar-refractivity contribution in [1.29, 1.82) is 0 Å². The molecular weight excluding hydrogens is 771 g/mol. The Balaban J connectivity index is 1.97. The third-order valence-corrected chi connectivity index (χ3v) is 9.08. The van der Waals surface area contributed by atoms with E-state index in [0.29, 0.717) is 18.1 Å². The van der Waals surface area contributed by atoms with Gasteiger partial charge in [-0.05, 0) is 53.9 Å². The number of rotatable bonds is 14. The lowest BCUT2D eigenvalue weighted by atomic mass is 10.1. The number of fused-ring (bicyclic) bond motifs is 1. The minimum atomic E-state index is -5.25. The fourth-order valence-electron chi connectivity index (χ4n) is 4.15. The van der Waals surface area contributed by atoms with E-state index >= 15 is 0 Å². The lowest BCUT2D eigenvalue weighted by molar-refractivity contribution is -0.432. The first kappa shape index (κ1) is 39.0. The largest absolute Gasteiger partial charge is 0.505 e. The number of anilines is 1. The second-order valence-corrected chi connectivity index (χ2v) is 13.7. The van der Waals surface area contributed by atoms with Gasteiger partial charge in [-0.3, -0.25) is 13.9 Å². The van der Waals surface area contributed by atoms with Crippen molar-refractivity contribution in [1.82, 2.24) is 0 Å². The Morgan fingerprint density at radius 3 is 1.96 bits per heavy atom. The van der Waals surface area contributed by atoms with Gasteiger partial charge in [-0.1, -0.05) is 10.1 Å². The molecule has 0 fully saturated rings. The molecule has 0 saturated carbocycles. The minimum Gasteiger partial charge on any atom is -0.505 e. The summed E-state index contributed by atoms with van der Waals surface area (Å²) >= 11 is 0.506. The van der Waals surface area contributed by atoms with Gasteiger partial charge in [0.05, 0.1) is 39.9 Å². The number of aromatic carboxylic acids is 1. The first-order valence-electron chi connectivity index (χ1n) is 12.9. The molecular formula is C25H19N5O17S4. The zero-order chi connectivity index (χ0) is 37.7. The number of amides is 1. The van der Waals surface area contributed by atoms with Crippen LogP contribution in [0.5, 0.6) is 11.5 Å². The average Bonchev–Trinajstić information content (AvgIpc) is 3.04. The second kappa shape index (κ2) is 16.0. The molecule has 22 nitrogen and oxygen atoms in total. The molecule has 0 aliphatic heterocycles. The fourth-order valence-corrected chi connectivity index (χ4v) is 6.30. The van der Waals surface area contributed by atoms with E-state index in [9.17, 15) is 50.8 Å². The van der Waals surface area contributed by atoms with Crippen molar-refractivity contribution >= 4 is 95.4 Å². The molecule has 0 aliphatic rings. The van der Waals surface area contributed by atoms with Crippen molar-refractivity contribution in [2.45, 2.75) is 26.5 Å². The number of carboxylic acids is 1. The number of azo groups is 2. The van der Waals surface area contributed by atoms with Crippen LogP contribution in [0.4, 0.5) is 28.4 Å². The topological polar surface area (TPSA) is 342 Å². The molecule has 0 aliphatic carbocycles. The van der Waals surface area contributed by atoms with Crippen molar-refractivity contribution in [3.63, 3.8) is 0 Å². The number of hydrogen-bond acceptors (Lipinski definition) is 20. The summed E-state index contributed by atoms with van der Waals surface area (Å²) in [5.41, 5.74) is -3.14. The van der Waals surface area contributed by atoms with Gasteiger partial charge in [0.1, 0.15) is 32.5 Å². The van der Waals surface area contributed by atoms with E-state index in [0.717, 1.165) is 36.4 Å². The molecule has 0 saturated heterocycles. The average molecular weight is 790 g/mol. The monoisotopic (exact) mass is 789 g/mol. The second-order valence-electron chi connectivity index (χ2n) is 9.39. The van der Waals surface area contributed by atoms with Crippen LogP contribution in [-0.2, 0) is 43.8 Å². The van der Waals surface area contributed by atoms with Crippen LogP contribution in [0.1, 0.15) is 17.3 Å². The van der Waals surface area contributed by atoms with Gasteiger partial charge in [-0.15, -0.1) is 29.1 Å². The standard InChI is InChI=1S/C25H19N5O17S4/c1-10(31)26-12-2-4-15(14(8-12)25(34)35)27-30-22-19(51(41,42)43)7-11-6-17(49-47-45-37)21(23(32)20(11)24(22)33)29-28-16-9-13(48-46-44-36)3-5-18(16)50(38,39)40/h2-9,32-33,36-37H,1H3,(H,26,31)(H,34,35)(H,38,39,40)(H,41,42,43)/b29-28+,30-27+. The Morgan fingerprint density at radius 2 is 1.35 bits per heavy atom. The number of phenols is 2. The number of carbonyl (C=O) groups excluding carboxylic acids is 1. The number of carboxylic acid groups (broad SMARTS) is 1. The summed E-state index contributed by atoms with van der Waals surface area (Å²) in [6, 6.07) is 7.99. The van der Waals surface area contributed by atoms with Crippen molar-refractivity contribution in [2.75, 3.05) is 5.32 Å². The third kappa shape index (κ3) is 9.29. The quantitative estimate of drug-likeness (QED) is 0.0235. The Kier molecular flexibility index (Phi) is 12.2. The van der Waals surface area contributed by atoms with E-state index in [2.05, 4.69) is 44.5 Å². The van der Waals surface area contributed by atoms with Crippen LogP contribution in [0.3, 0.4) is 0 Å². The van der Waals surface area contributed by atoms with E-state index < -0.39 is 87.1 Å². The van der Waals surface area contributed by atoms with Crippen LogP contribution in [0.15, 0.2) is 88.6 Å². The maximum absolute atomic E-state index is 12.4. The molecule has 270 valence electrons. The van der Waals surface area contributed by atoms with E-state index in [1.165, 1.54) is 13.0 Å². The number of phenolic OH excluding ortho intramolecular Hbond substituents is 2. The van der Waals surface area contributed by atoms with Crippen LogP contribution in [0.2, 0.25) is 0 Å². The summed E-state index contributed by atoms with van der Waals surface area (Å²) in [6.45, 7) is 1.17. The first-order valence-corrected chi connectivity index (χ1v) is 17.2. The summed E-state index contributed by atoms with van der Waals surface area (Å²) in [6.07, 6.45) is 0. The lowest BCUT2D eigenvalue weighted by Gasteiger charge is -2.13. The Labute approximate surface area is 292 Å². The van der Waals surface area contributed by atoms with Gasteiger partial charge >= 0.3 is 5.97 Å². The predicted octanol–water partition coefficient (Wildman–Crippen LogP) is 6.09. The van der Waals surface area contributed by atoms with E-state index in [1.54, 1.807) is 0 Å². The molecule has 4 aromatic carbocycles. The van der Waals surface area contributed by atoms with Gasteiger partial charge < -0.3 is 20.6 Å². The zero-order valence-corrected chi connectivity index (χ0v) is 28.0. The molecule has 0 spiro atoms.